The SMILES string of the molecule is Nc1ccc(OC2(C(F)(F)F)CCNC2)c(F)c1. The molecule has 3 nitrogen and oxygen atoms in total. The molecule has 0 radical (unpaired) electrons. The second kappa shape index (κ2) is 4.31. The molecular weight excluding hydrogens is 252 g/mol. The molecule has 1 saturated heterocycles. The van der Waals surface area contributed by atoms with Gasteiger partial charge in [-0.1, -0.05) is 0 Å². The van der Waals surface area contributed by atoms with Crippen molar-refractivity contribution in [1.29, 1.82) is 0 Å². The number of rotatable bonds is 2. The van der Waals surface area contributed by atoms with Crippen molar-refractivity contribution in [1.82, 2.24) is 5.32 Å². The maximum absolute atomic E-state index is 13.5. The minimum atomic E-state index is -4.57. The largest absolute Gasteiger partial charge is 0.473 e. The van der Waals surface area contributed by atoms with Gasteiger partial charge in [0.25, 0.3) is 0 Å². The quantitative estimate of drug-likeness (QED) is 0.635. The maximum Gasteiger partial charge on any atom is 0.429 e. The van der Waals surface area contributed by atoms with Crippen LogP contribution in [0.2, 0.25) is 0 Å². The normalized spacial score (nSPS) is 24.2. The van der Waals surface area contributed by atoms with E-state index in [0.29, 0.717) is 0 Å². The fourth-order valence-corrected chi connectivity index (χ4v) is 1.87. The maximum atomic E-state index is 13.5. The first-order chi connectivity index (χ1) is 8.34. The van der Waals surface area contributed by atoms with Gasteiger partial charge in [0.2, 0.25) is 5.60 Å². The van der Waals surface area contributed by atoms with Crippen LogP contribution in [-0.2, 0) is 0 Å². The van der Waals surface area contributed by atoms with Crippen molar-refractivity contribution in [3.63, 3.8) is 0 Å². The Hall–Kier alpha value is -1.50. The molecule has 1 aromatic carbocycles. The summed E-state index contributed by atoms with van der Waals surface area (Å²) in [5, 5.41) is 2.58. The van der Waals surface area contributed by atoms with Gasteiger partial charge in [0.15, 0.2) is 11.6 Å². The van der Waals surface area contributed by atoms with E-state index in [0.717, 1.165) is 12.1 Å². The molecule has 3 N–H and O–H groups in total. The molecular formula is C11H12F4N2O. The van der Waals surface area contributed by atoms with Crippen LogP contribution in [0.4, 0.5) is 23.2 Å². The summed E-state index contributed by atoms with van der Waals surface area (Å²) in [6, 6.07) is 3.34. The summed E-state index contributed by atoms with van der Waals surface area (Å²) in [7, 11) is 0. The number of nitrogens with two attached hydrogens (primary N) is 1. The Labute approximate surface area is 101 Å². The zero-order valence-electron chi connectivity index (χ0n) is 9.35. The van der Waals surface area contributed by atoms with Gasteiger partial charge in [0, 0.05) is 24.7 Å². The van der Waals surface area contributed by atoms with Crippen molar-refractivity contribution in [2.75, 3.05) is 18.8 Å². The summed E-state index contributed by atoms with van der Waals surface area (Å²) >= 11 is 0. The van der Waals surface area contributed by atoms with Crippen LogP contribution in [0.15, 0.2) is 18.2 Å². The van der Waals surface area contributed by atoms with Gasteiger partial charge >= 0.3 is 6.18 Å². The first kappa shape index (κ1) is 12.9. The van der Waals surface area contributed by atoms with E-state index in [1.54, 1.807) is 0 Å². The summed E-state index contributed by atoms with van der Waals surface area (Å²) in [5.74, 6) is -1.34. The van der Waals surface area contributed by atoms with Crippen LogP contribution in [0.5, 0.6) is 5.75 Å². The third kappa shape index (κ3) is 2.22. The Morgan fingerprint density at radius 3 is 2.56 bits per heavy atom. The van der Waals surface area contributed by atoms with Crippen LogP contribution in [0.1, 0.15) is 6.42 Å². The molecule has 0 saturated carbocycles. The van der Waals surface area contributed by atoms with E-state index in [2.05, 4.69) is 5.32 Å². The Bertz CT molecular complexity index is 441. The molecule has 0 aromatic heterocycles. The van der Waals surface area contributed by atoms with Gasteiger partial charge in [-0.2, -0.15) is 13.2 Å². The fraction of sp³-hybridized carbons (Fsp3) is 0.455. The average Bonchev–Trinajstić information content (AvgIpc) is 2.71. The molecule has 1 heterocycles. The molecule has 18 heavy (non-hydrogen) atoms. The highest BCUT2D eigenvalue weighted by atomic mass is 19.4. The Kier molecular flexibility index (Phi) is 3.10. The molecule has 100 valence electrons. The zero-order valence-corrected chi connectivity index (χ0v) is 9.35. The summed E-state index contributed by atoms with van der Waals surface area (Å²) < 4.78 is 57.4. The van der Waals surface area contributed by atoms with Crippen molar-refractivity contribution in [2.45, 2.75) is 18.2 Å². The lowest BCUT2D eigenvalue weighted by Gasteiger charge is -2.31. The lowest BCUT2D eigenvalue weighted by molar-refractivity contribution is -0.241. The topological polar surface area (TPSA) is 47.3 Å². The minimum Gasteiger partial charge on any atom is -0.473 e. The molecule has 0 aliphatic carbocycles. The van der Waals surface area contributed by atoms with Gasteiger partial charge < -0.3 is 15.8 Å². The molecule has 1 aromatic rings. The molecule has 1 aliphatic heterocycles. The highest BCUT2D eigenvalue weighted by molar-refractivity contribution is 5.43. The molecule has 0 amide bonds. The van der Waals surface area contributed by atoms with E-state index in [-0.39, 0.29) is 25.2 Å². The number of nitrogen functional groups attached to an aromatic ring is 1. The molecule has 0 bridgehead atoms. The van der Waals surface area contributed by atoms with Gasteiger partial charge in [-0.15, -0.1) is 0 Å². The smallest absolute Gasteiger partial charge is 0.429 e. The average molecular weight is 264 g/mol. The molecule has 1 atom stereocenters. The second-order valence-corrected chi connectivity index (χ2v) is 4.21. The Morgan fingerprint density at radius 1 is 1.33 bits per heavy atom. The third-order valence-corrected chi connectivity index (χ3v) is 2.89. The van der Waals surface area contributed by atoms with Crippen LogP contribution in [0, 0.1) is 5.82 Å². The predicted molar refractivity (Wildman–Crippen MR) is 57.7 cm³/mol. The number of ether oxygens (including phenoxy) is 1. The molecule has 1 fully saturated rings. The summed E-state index contributed by atoms with van der Waals surface area (Å²) in [5.41, 5.74) is 3.08. The number of alkyl halides is 3. The van der Waals surface area contributed by atoms with Crippen molar-refractivity contribution < 1.29 is 22.3 Å². The number of benzene rings is 1. The Balaban J connectivity index is 2.30. The van der Waals surface area contributed by atoms with E-state index >= 15 is 0 Å². The van der Waals surface area contributed by atoms with E-state index < -0.39 is 23.3 Å². The van der Waals surface area contributed by atoms with Crippen LogP contribution in [0.25, 0.3) is 0 Å². The van der Waals surface area contributed by atoms with E-state index in [1.807, 2.05) is 0 Å². The lowest BCUT2D eigenvalue weighted by Crippen LogP contribution is -2.52. The minimum absolute atomic E-state index is 0.130. The predicted octanol–water partition coefficient (Wildman–Crippen LogP) is 2.08. The number of halogens is 4. The van der Waals surface area contributed by atoms with Gasteiger partial charge in [-0.3, -0.25) is 0 Å². The van der Waals surface area contributed by atoms with Crippen LogP contribution >= 0.6 is 0 Å². The Morgan fingerprint density at radius 2 is 2.06 bits per heavy atom. The van der Waals surface area contributed by atoms with Crippen molar-refractivity contribution in [3.8, 4) is 5.75 Å². The monoisotopic (exact) mass is 264 g/mol. The van der Waals surface area contributed by atoms with E-state index in [4.69, 9.17) is 10.5 Å². The van der Waals surface area contributed by atoms with E-state index in [1.165, 1.54) is 6.07 Å². The lowest BCUT2D eigenvalue weighted by atomic mass is 10.0. The van der Waals surface area contributed by atoms with Crippen LogP contribution in [0.3, 0.4) is 0 Å². The zero-order chi connectivity index (χ0) is 13.4. The molecule has 1 unspecified atom stereocenters. The summed E-state index contributed by atoms with van der Waals surface area (Å²) in [6.45, 7) is -0.212. The van der Waals surface area contributed by atoms with Gasteiger partial charge in [-0.05, 0) is 18.7 Å². The number of hydrogen-bond donors (Lipinski definition) is 2. The molecule has 0 spiro atoms. The second-order valence-electron chi connectivity index (χ2n) is 4.21. The van der Waals surface area contributed by atoms with Crippen LogP contribution in [-0.4, -0.2) is 24.9 Å². The first-order valence-electron chi connectivity index (χ1n) is 5.36. The van der Waals surface area contributed by atoms with Gasteiger partial charge in [0.05, 0.1) is 0 Å². The van der Waals surface area contributed by atoms with Gasteiger partial charge in [0.1, 0.15) is 0 Å². The van der Waals surface area contributed by atoms with Crippen molar-refractivity contribution in [2.24, 2.45) is 0 Å². The highest BCUT2D eigenvalue weighted by Gasteiger charge is 2.59. The van der Waals surface area contributed by atoms with E-state index in [9.17, 15) is 17.6 Å². The fourth-order valence-electron chi connectivity index (χ4n) is 1.87. The van der Waals surface area contributed by atoms with Crippen LogP contribution < -0.4 is 15.8 Å². The molecule has 2 rings (SSSR count). The highest BCUT2D eigenvalue weighted by Crippen LogP contribution is 2.39. The van der Waals surface area contributed by atoms with Gasteiger partial charge in [-0.25, -0.2) is 4.39 Å². The number of anilines is 1. The number of nitrogens with one attached hydrogen (secondary N) is 1. The third-order valence-electron chi connectivity index (χ3n) is 2.89. The summed E-state index contributed by atoms with van der Waals surface area (Å²) in [4.78, 5) is 0. The first-order valence-corrected chi connectivity index (χ1v) is 5.36. The standard InChI is InChI=1S/C11H12F4N2O/c12-8-5-7(16)1-2-9(8)18-10(11(13,14)15)3-4-17-6-10/h1-2,5,17H,3-4,6,16H2. The van der Waals surface area contributed by atoms with Crippen molar-refractivity contribution >= 4 is 5.69 Å². The molecule has 7 heteroatoms. The molecule has 1 aliphatic rings. The summed E-state index contributed by atoms with van der Waals surface area (Å²) in [6.07, 6.45) is -4.81. The van der Waals surface area contributed by atoms with Crippen molar-refractivity contribution in [3.05, 3.63) is 24.0 Å². The number of hydrogen-bond acceptors (Lipinski definition) is 3.